The van der Waals surface area contributed by atoms with Gasteiger partial charge in [-0.2, -0.15) is 0 Å². The second kappa shape index (κ2) is 8.41. The van der Waals surface area contributed by atoms with Crippen LogP contribution in [0.4, 0.5) is 4.79 Å². The van der Waals surface area contributed by atoms with Crippen molar-refractivity contribution in [2.24, 2.45) is 0 Å². The Morgan fingerprint density at radius 3 is 2.53 bits per heavy atom. The van der Waals surface area contributed by atoms with Crippen molar-refractivity contribution in [1.29, 1.82) is 0 Å². The number of amides is 1. The Hall–Kier alpha value is -3.15. The monoisotopic (exact) mass is 466 g/mol. The van der Waals surface area contributed by atoms with Crippen molar-refractivity contribution >= 4 is 40.2 Å². The number of fused-ring (bicyclic) bond motifs is 3. The molecule has 0 bridgehead atoms. The van der Waals surface area contributed by atoms with E-state index in [4.69, 9.17) is 32.7 Å². The number of benzene rings is 3. The summed E-state index contributed by atoms with van der Waals surface area (Å²) in [5.74, 6) is 1.16. The van der Waals surface area contributed by atoms with Crippen LogP contribution in [0.15, 0.2) is 66.7 Å². The molecule has 1 amide bonds. The number of hydrogen-bond donors (Lipinski definition) is 1. The highest BCUT2D eigenvalue weighted by molar-refractivity contribution is 6.31. The fraction of sp³-hybridized carbons (Fsp3) is 0.160. The zero-order valence-corrected chi connectivity index (χ0v) is 18.8. The highest BCUT2D eigenvalue weighted by Gasteiger charge is 2.35. The summed E-state index contributed by atoms with van der Waals surface area (Å²) in [5, 5.41) is 2.27. The highest BCUT2D eigenvalue weighted by Crippen LogP contribution is 2.40. The van der Waals surface area contributed by atoms with Crippen LogP contribution in [0.5, 0.6) is 11.5 Å². The second-order valence-electron chi connectivity index (χ2n) is 7.65. The summed E-state index contributed by atoms with van der Waals surface area (Å²) >= 11 is 12.3. The maximum absolute atomic E-state index is 13.3. The Morgan fingerprint density at radius 1 is 1.00 bits per heavy atom. The number of methoxy groups -OCH3 is 1. The fourth-order valence-corrected chi connectivity index (χ4v) is 4.63. The number of halogens is 2. The molecule has 0 radical (unpaired) electrons. The Morgan fingerprint density at radius 2 is 1.78 bits per heavy atom. The number of carbonyl (C=O) groups is 1. The van der Waals surface area contributed by atoms with Gasteiger partial charge in [-0.1, -0.05) is 41.4 Å². The lowest BCUT2D eigenvalue weighted by atomic mass is 9.92. The van der Waals surface area contributed by atoms with Crippen molar-refractivity contribution < 1.29 is 14.3 Å². The average Bonchev–Trinajstić information content (AvgIpc) is 3.16. The summed E-state index contributed by atoms with van der Waals surface area (Å²) in [6.07, 6.45) is 0.253. The maximum atomic E-state index is 13.3. The number of nitrogens with zero attached hydrogens (tertiary/aromatic N) is 1. The SMILES string of the molecule is COc1ccc(C2c3[nH]c4ccc(Cl)cc4c3CCN2C(=O)Oc2cccc(Cl)c2)cc1. The van der Waals surface area contributed by atoms with Crippen LogP contribution in [0.2, 0.25) is 10.0 Å². The van der Waals surface area contributed by atoms with Gasteiger partial charge in [0.2, 0.25) is 0 Å². The predicted octanol–water partition coefficient (Wildman–Crippen LogP) is 6.63. The smallest absolute Gasteiger partial charge is 0.416 e. The lowest BCUT2D eigenvalue weighted by molar-refractivity contribution is 0.135. The van der Waals surface area contributed by atoms with Gasteiger partial charge in [0.15, 0.2) is 0 Å². The zero-order valence-electron chi connectivity index (χ0n) is 17.3. The van der Waals surface area contributed by atoms with E-state index < -0.39 is 6.09 Å². The van der Waals surface area contributed by atoms with Crippen LogP contribution < -0.4 is 9.47 Å². The summed E-state index contributed by atoms with van der Waals surface area (Å²) in [6, 6.07) is 20.0. The van der Waals surface area contributed by atoms with Crippen molar-refractivity contribution in [2.75, 3.05) is 13.7 Å². The number of aromatic nitrogens is 1. The third kappa shape index (κ3) is 3.78. The molecule has 162 valence electrons. The minimum Gasteiger partial charge on any atom is -0.497 e. The molecule has 3 aromatic carbocycles. The van der Waals surface area contributed by atoms with Crippen LogP contribution in [0.25, 0.3) is 10.9 Å². The van der Waals surface area contributed by atoms with E-state index in [1.54, 1.807) is 36.3 Å². The fourth-order valence-electron chi connectivity index (χ4n) is 4.28. The van der Waals surface area contributed by atoms with Crippen LogP contribution in [-0.4, -0.2) is 29.6 Å². The first-order valence-corrected chi connectivity index (χ1v) is 11.0. The molecule has 0 saturated carbocycles. The first-order chi connectivity index (χ1) is 15.5. The highest BCUT2D eigenvalue weighted by atomic mass is 35.5. The Bertz CT molecular complexity index is 1300. The Kier molecular flexibility index (Phi) is 5.45. The topological polar surface area (TPSA) is 54.6 Å². The van der Waals surface area contributed by atoms with Gasteiger partial charge in [0, 0.05) is 33.2 Å². The molecule has 1 unspecified atom stereocenters. The minimum absolute atomic E-state index is 0.345. The first-order valence-electron chi connectivity index (χ1n) is 10.2. The van der Waals surface area contributed by atoms with Crippen LogP contribution in [0, 0.1) is 0 Å². The number of aromatic amines is 1. The molecule has 0 fully saturated rings. The second-order valence-corrected chi connectivity index (χ2v) is 8.52. The number of nitrogens with one attached hydrogen (secondary N) is 1. The van der Waals surface area contributed by atoms with Gasteiger partial charge in [-0.25, -0.2) is 4.79 Å². The summed E-state index contributed by atoms with van der Waals surface area (Å²) < 4.78 is 11.0. The lowest BCUT2D eigenvalue weighted by Gasteiger charge is -2.35. The summed E-state index contributed by atoms with van der Waals surface area (Å²) in [6.45, 7) is 0.503. The molecule has 1 aliphatic heterocycles. The Labute approximate surface area is 195 Å². The number of ether oxygens (including phenoxy) is 2. The van der Waals surface area contributed by atoms with E-state index in [0.29, 0.717) is 28.8 Å². The van der Waals surface area contributed by atoms with E-state index in [1.165, 1.54) is 0 Å². The van der Waals surface area contributed by atoms with E-state index >= 15 is 0 Å². The van der Waals surface area contributed by atoms with Gasteiger partial charge >= 0.3 is 6.09 Å². The van der Waals surface area contributed by atoms with Gasteiger partial charge in [-0.05, 0) is 66.1 Å². The van der Waals surface area contributed by atoms with Crippen LogP contribution in [-0.2, 0) is 6.42 Å². The number of hydrogen-bond acceptors (Lipinski definition) is 3. The van der Waals surface area contributed by atoms with Crippen LogP contribution in [0.3, 0.4) is 0 Å². The predicted molar refractivity (Wildman–Crippen MR) is 126 cm³/mol. The quantitative estimate of drug-likeness (QED) is 0.368. The van der Waals surface area contributed by atoms with Gasteiger partial charge in [0.25, 0.3) is 0 Å². The third-order valence-corrected chi connectivity index (χ3v) is 6.23. The van der Waals surface area contributed by atoms with Gasteiger partial charge in [-0.3, -0.25) is 4.90 Å². The number of carbonyl (C=O) groups excluding carboxylic acids is 1. The molecule has 5 nitrogen and oxygen atoms in total. The van der Waals surface area contributed by atoms with E-state index in [0.717, 1.165) is 33.5 Å². The molecule has 0 saturated heterocycles. The van der Waals surface area contributed by atoms with Crippen molar-refractivity contribution in [3.05, 3.63) is 93.6 Å². The van der Waals surface area contributed by atoms with Gasteiger partial charge in [0.05, 0.1) is 7.11 Å². The Balaban J connectivity index is 1.58. The largest absolute Gasteiger partial charge is 0.497 e. The molecule has 1 N–H and O–H groups in total. The molecule has 1 atom stereocenters. The van der Waals surface area contributed by atoms with Crippen LogP contribution >= 0.6 is 23.2 Å². The lowest BCUT2D eigenvalue weighted by Crippen LogP contribution is -2.42. The summed E-state index contributed by atoms with van der Waals surface area (Å²) in [4.78, 5) is 18.5. The molecular formula is C25H20Cl2N2O3. The molecule has 1 aromatic heterocycles. The zero-order chi connectivity index (χ0) is 22.2. The van der Waals surface area contributed by atoms with E-state index in [1.807, 2.05) is 42.5 Å². The third-order valence-electron chi connectivity index (χ3n) is 5.76. The molecule has 0 spiro atoms. The normalized spacial score (nSPS) is 15.5. The maximum Gasteiger partial charge on any atom is 0.416 e. The molecule has 4 aromatic rings. The van der Waals surface area contributed by atoms with Gasteiger partial charge < -0.3 is 14.5 Å². The summed E-state index contributed by atoms with van der Waals surface area (Å²) in [5.41, 5.74) is 4.06. The van der Waals surface area contributed by atoms with Gasteiger partial charge in [0.1, 0.15) is 17.5 Å². The van der Waals surface area contributed by atoms with Crippen molar-refractivity contribution in [2.45, 2.75) is 12.5 Å². The molecule has 2 heterocycles. The van der Waals surface area contributed by atoms with Crippen molar-refractivity contribution in [1.82, 2.24) is 9.88 Å². The van der Waals surface area contributed by atoms with Crippen molar-refractivity contribution in [3.8, 4) is 11.5 Å². The molecule has 1 aliphatic rings. The molecule has 7 heteroatoms. The summed E-state index contributed by atoms with van der Waals surface area (Å²) in [7, 11) is 1.63. The van der Waals surface area contributed by atoms with Crippen LogP contribution in [0.1, 0.15) is 22.9 Å². The van der Waals surface area contributed by atoms with E-state index in [9.17, 15) is 4.79 Å². The number of H-pyrrole nitrogens is 1. The first kappa shape index (κ1) is 20.7. The molecular weight excluding hydrogens is 447 g/mol. The standard InChI is InChI=1S/C25H20Cl2N2O3/c1-31-18-8-5-15(6-9-18)24-23-20(21-14-17(27)7-10-22(21)28-23)11-12-29(24)25(30)32-19-4-2-3-16(26)13-19/h2-10,13-14,24,28H,11-12H2,1H3. The van der Waals surface area contributed by atoms with E-state index in [-0.39, 0.29) is 6.04 Å². The molecule has 5 rings (SSSR count). The van der Waals surface area contributed by atoms with E-state index in [2.05, 4.69) is 4.98 Å². The molecule has 0 aliphatic carbocycles. The average molecular weight is 467 g/mol. The van der Waals surface area contributed by atoms with Gasteiger partial charge in [-0.15, -0.1) is 0 Å². The van der Waals surface area contributed by atoms with Crippen molar-refractivity contribution in [3.63, 3.8) is 0 Å². The number of rotatable bonds is 3. The minimum atomic E-state index is -0.435. The molecule has 32 heavy (non-hydrogen) atoms.